The molecule has 4 rings (SSSR count). The number of rotatable bonds is 5. The van der Waals surface area contributed by atoms with Crippen molar-refractivity contribution in [3.05, 3.63) is 93.0 Å². The fourth-order valence-electron chi connectivity index (χ4n) is 4.75. The Morgan fingerprint density at radius 2 is 1.55 bits per heavy atom. The number of aliphatic hydroxyl groups is 1. The molecular formula is C31H32ClNO5. The van der Waals surface area contributed by atoms with Gasteiger partial charge >= 0.3 is 0 Å². The lowest BCUT2D eigenvalue weighted by Gasteiger charge is -2.27. The highest BCUT2D eigenvalue weighted by Gasteiger charge is 2.47. The summed E-state index contributed by atoms with van der Waals surface area (Å²) in [7, 11) is 3.05. The molecule has 6 nitrogen and oxygen atoms in total. The van der Waals surface area contributed by atoms with Crippen LogP contribution in [0.3, 0.4) is 0 Å². The number of methoxy groups -OCH3 is 2. The van der Waals surface area contributed by atoms with Gasteiger partial charge in [-0.25, -0.2) is 0 Å². The molecule has 3 aromatic carbocycles. The van der Waals surface area contributed by atoms with E-state index in [1.807, 2.05) is 32.0 Å². The van der Waals surface area contributed by atoms with Crippen molar-refractivity contribution in [3.63, 3.8) is 0 Å². The maximum atomic E-state index is 13.7. The number of hydrogen-bond acceptors (Lipinski definition) is 5. The number of ether oxygens (including phenoxy) is 2. The first kappa shape index (κ1) is 27.3. The molecule has 0 radical (unpaired) electrons. The molecular weight excluding hydrogens is 502 g/mol. The van der Waals surface area contributed by atoms with Crippen LogP contribution in [0.15, 0.2) is 60.2 Å². The van der Waals surface area contributed by atoms with E-state index in [1.165, 1.54) is 19.1 Å². The first-order valence-corrected chi connectivity index (χ1v) is 12.7. The van der Waals surface area contributed by atoms with Gasteiger partial charge in [0, 0.05) is 16.3 Å². The normalized spacial score (nSPS) is 17.2. The fourth-order valence-corrected chi connectivity index (χ4v) is 4.92. The van der Waals surface area contributed by atoms with Gasteiger partial charge in [0.2, 0.25) is 0 Å². The lowest BCUT2D eigenvalue weighted by Crippen LogP contribution is -2.30. The molecule has 0 bridgehead atoms. The molecule has 1 unspecified atom stereocenters. The smallest absolute Gasteiger partial charge is 0.300 e. The number of nitrogens with zero attached hydrogens (tertiary/aromatic N) is 1. The third kappa shape index (κ3) is 4.76. The van der Waals surface area contributed by atoms with E-state index >= 15 is 0 Å². The Kier molecular flexibility index (Phi) is 7.31. The van der Waals surface area contributed by atoms with Crippen molar-refractivity contribution >= 4 is 34.7 Å². The maximum Gasteiger partial charge on any atom is 0.300 e. The standard InChI is InChI=1S/C31H32ClNO5/c1-17-8-11-20(31(3,4)5)15-22(17)28(34)26-27(19-10-13-24(37-6)25(14-19)38-7)33(30(36)29(26)35)23-16-21(32)12-9-18(23)2/h8-16,27,34H,1-7H3/b28-26+. The van der Waals surface area contributed by atoms with Crippen LogP contribution in [0.4, 0.5) is 5.69 Å². The summed E-state index contributed by atoms with van der Waals surface area (Å²) in [6, 6.07) is 15.2. The second kappa shape index (κ2) is 10.2. The molecule has 1 aliphatic rings. The van der Waals surface area contributed by atoms with Crippen LogP contribution in [0.5, 0.6) is 11.5 Å². The summed E-state index contributed by atoms with van der Waals surface area (Å²) in [4.78, 5) is 28.7. The number of carbonyl (C=O) groups excluding carboxylic acids is 2. The number of hydrogen-bond donors (Lipinski definition) is 1. The van der Waals surface area contributed by atoms with Gasteiger partial charge in [-0.2, -0.15) is 0 Å². The van der Waals surface area contributed by atoms with Crippen molar-refractivity contribution in [1.82, 2.24) is 0 Å². The van der Waals surface area contributed by atoms with E-state index in [0.717, 1.165) is 16.7 Å². The van der Waals surface area contributed by atoms with Crippen LogP contribution in [0.25, 0.3) is 5.76 Å². The number of aryl methyl sites for hydroxylation is 2. The minimum absolute atomic E-state index is 0.00393. The van der Waals surface area contributed by atoms with E-state index in [4.69, 9.17) is 21.1 Å². The zero-order chi connectivity index (χ0) is 27.9. The van der Waals surface area contributed by atoms with Gasteiger partial charge < -0.3 is 14.6 Å². The Morgan fingerprint density at radius 1 is 0.895 bits per heavy atom. The number of carbonyl (C=O) groups is 2. The first-order chi connectivity index (χ1) is 17.9. The van der Waals surface area contributed by atoms with E-state index in [9.17, 15) is 14.7 Å². The minimum atomic E-state index is -0.926. The summed E-state index contributed by atoms with van der Waals surface area (Å²) in [5.74, 6) is -0.817. The number of aliphatic hydroxyl groups excluding tert-OH is 1. The predicted molar refractivity (Wildman–Crippen MR) is 150 cm³/mol. The summed E-state index contributed by atoms with van der Waals surface area (Å²) in [5.41, 5.74) is 3.91. The predicted octanol–water partition coefficient (Wildman–Crippen LogP) is 6.90. The Balaban J connectivity index is 2.04. The second-order valence-electron chi connectivity index (χ2n) is 10.5. The van der Waals surface area contributed by atoms with Gasteiger partial charge in [0.1, 0.15) is 5.76 Å². The average Bonchev–Trinajstić information content (AvgIpc) is 3.14. The second-order valence-corrected chi connectivity index (χ2v) is 10.9. The monoisotopic (exact) mass is 533 g/mol. The number of benzene rings is 3. The molecule has 198 valence electrons. The molecule has 0 spiro atoms. The van der Waals surface area contributed by atoms with Crippen LogP contribution in [0, 0.1) is 13.8 Å². The Labute approximate surface area is 228 Å². The summed E-state index contributed by atoms with van der Waals surface area (Å²) >= 11 is 6.32. The Hall–Kier alpha value is -3.77. The van der Waals surface area contributed by atoms with Gasteiger partial charge in [0.15, 0.2) is 11.5 Å². The number of ketones is 1. The average molecular weight is 534 g/mol. The minimum Gasteiger partial charge on any atom is -0.507 e. The van der Waals surface area contributed by atoms with Crippen LogP contribution in [-0.4, -0.2) is 31.0 Å². The molecule has 0 saturated carbocycles. The molecule has 0 aromatic heterocycles. The number of amides is 1. The fraction of sp³-hybridized carbons (Fsp3) is 0.290. The van der Waals surface area contributed by atoms with Crippen molar-refractivity contribution < 1.29 is 24.2 Å². The van der Waals surface area contributed by atoms with Crippen molar-refractivity contribution in [2.24, 2.45) is 0 Å². The summed E-state index contributed by atoms with van der Waals surface area (Å²) in [6.07, 6.45) is 0. The molecule has 1 fully saturated rings. The highest BCUT2D eigenvalue weighted by Crippen LogP contribution is 2.45. The van der Waals surface area contributed by atoms with E-state index in [2.05, 4.69) is 20.8 Å². The number of anilines is 1. The molecule has 1 atom stereocenters. The van der Waals surface area contributed by atoms with Crippen molar-refractivity contribution in [3.8, 4) is 11.5 Å². The highest BCUT2D eigenvalue weighted by molar-refractivity contribution is 6.52. The van der Waals surface area contributed by atoms with E-state index in [-0.39, 0.29) is 16.7 Å². The van der Waals surface area contributed by atoms with Crippen LogP contribution in [0.1, 0.15) is 54.6 Å². The van der Waals surface area contributed by atoms with Crippen molar-refractivity contribution in [2.45, 2.75) is 46.1 Å². The molecule has 1 aliphatic heterocycles. The van der Waals surface area contributed by atoms with Gasteiger partial charge in [-0.3, -0.25) is 14.5 Å². The Morgan fingerprint density at radius 3 is 2.18 bits per heavy atom. The molecule has 1 saturated heterocycles. The number of Topliss-reactive ketones (excluding diaryl/α,β-unsaturated/α-hetero) is 1. The highest BCUT2D eigenvalue weighted by atomic mass is 35.5. The van der Waals surface area contributed by atoms with Crippen molar-refractivity contribution in [2.75, 3.05) is 19.1 Å². The van der Waals surface area contributed by atoms with E-state index < -0.39 is 17.7 Å². The van der Waals surface area contributed by atoms with Gasteiger partial charge in [0.05, 0.1) is 25.8 Å². The van der Waals surface area contributed by atoms with Gasteiger partial charge in [-0.15, -0.1) is 0 Å². The third-order valence-electron chi connectivity index (χ3n) is 6.96. The third-order valence-corrected chi connectivity index (χ3v) is 7.19. The molecule has 1 amide bonds. The molecule has 38 heavy (non-hydrogen) atoms. The molecule has 3 aromatic rings. The summed E-state index contributed by atoms with van der Waals surface area (Å²) in [6.45, 7) is 9.93. The number of halogens is 1. The SMILES string of the molecule is COc1ccc(C2/C(=C(\O)c3cc(C(C)(C)C)ccc3C)C(=O)C(=O)N2c2cc(Cl)ccc2C)cc1OC. The summed E-state index contributed by atoms with van der Waals surface area (Å²) < 4.78 is 10.9. The first-order valence-electron chi connectivity index (χ1n) is 12.3. The van der Waals surface area contributed by atoms with Crippen LogP contribution >= 0.6 is 11.6 Å². The van der Waals surface area contributed by atoms with Gasteiger partial charge in [-0.05, 0) is 71.8 Å². The zero-order valence-electron chi connectivity index (χ0n) is 22.7. The van der Waals surface area contributed by atoms with Crippen LogP contribution in [0.2, 0.25) is 5.02 Å². The zero-order valence-corrected chi connectivity index (χ0v) is 23.4. The van der Waals surface area contributed by atoms with Gasteiger partial charge in [-0.1, -0.05) is 56.6 Å². The topological polar surface area (TPSA) is 76.1 Å². The largest absolute Gasteiger partial charge is 0.507 e. The van der Waals surface area contributed by atoms with Gasteiger partial charge in [0.25, 0.3) is 11.7 Å². The molecule has 7 heteroatoms. The van der Waals surface area contributed by atoms with Crippen LogP contribution in [-0.2, 0) is 15.0 Å². The molecule has 1 heterocycles. The Bertz CT molecular complexity index is 1470. The summed E-state index contributed by atoms with van der Waals surface area (Å²) in [5, 5.41) is 12.1. The quantitative estimate of drug-likeness (QED) is 0.219. The molecule has 0 aliphatic carbocycles. The lowest BCUT2D eigenvalue weighted by molar-refractivity contribution is -0.132. The van der Waals surface area contributed by atoms with E-state index in [1.54, 1.807) is 36.4 Å². The maximum absolute atomic E-state index is 13.7. The lowest BCUT2D eigenvalue weighted by atomic mass is 9.84. The van der Waals surface area contributed by atoms with Crippen LogP contribution < -0.4 is 14.4 Å². The van der Waals surface area contributed by atoms with E-state index in [0.29, 0.717) is 33.3 Å². The molecule has 1 N–H and O–H groups in total. The van der Waals surface area contributed by atoms with Crippen molar-refractivity contribution in [1.29, 1.82) is 0 Å².